The first kappa shape index (κ1) is 15.7. The van der Waals surface area contributed by atoms with Crippen molar-refractivity contribution in [3.05, 3.63) is 29.8 Å². The topological polar surface area (TPSA) is 54.5 Å². The third-order valence-electron chi connectivity index (χ3n) is 3.30. The molecule has 1 amide bonds. The van der Waals surface area contributed by atoms with Crippen LogP contribution in [0.15, 0.2) is 29.2 Å². The Morgan fingerprint density at radius 3 is 2.80 bits per heavy atom. The van der Waals surface area contributed by atoms with Crippen LogP contribution in [0.4, 0.5) is 0 Å². The summed E-state index contributed by atoms with van der Waals surface area (Å²) in [6, 6.07) is 6.97. The van der Waals surface area contributed by atoms with Gasteiger partial charge in [-0.2, -0.15) is 11.8 Å². The Balaban J connectivity index is 2.34. The number of benzene rings is 1. The number of amides is 1. The first-order valence-corrected chi connectivity index (χ1v) is 9.67. The second-order valence-corrected chi connectivity index (χ2v) is 8.58. The van der Waals surface area contributed by atoms with Crippen molar-refractivity contribution in [2.75, 3.05) is 23.8 Å². The van der Waals surface area contributed by atoms with Crippen molar-refractivity contribution in [1.29, 1.82) is 0 Å². The molecule has 0 bridgehead atoms. The third-order valence-corrected chi connectivity index (χ3v) is 6.98. The fraction of sp³-hybridized carbons (Fsp3) is 0.462. The van der Waals surface area contributed by atoms with Gasteiger partial charge >= 0.3 is 0 Å². The van der Waals surface area contributed by atoms with Gasteiger partial charge in [-0.25, -0.2) is 8.42 Å². The van der Waals surface area contributed by atoms with Crippen LogP contribution in [0, 0.1) is 0 Å². The van der Waals surface area contributed by atoms with E-state index in [0.29, 0.717) is 22.8 Å². The summed E-state index contributed by atoms with van der Waals surface area (Å²) < 4.78 is 24.3. The predicted molar refractivity (Wildman–Crippen MR) is 85.3 cm³/mol. The minimum absolute atomic E-state index is 0.0462. The first-order chi connectivity index (χ1) is 9.47. The molecule has 0 radical (unpaired) electrons. The highest BCUT2D eigenvalue weighted by molar-refractivity contribution is 8.01. The smallest absolute Gasteiger partial charge is 0.256 e. The lowest BCUT2D eigenvalue weighted by Crippen LogP contribution is -2.50. The van der Waals surface area contributed by atoms with Crippen LogP contribution < -0.4 is 0 Å². The largest absolute Gasteiger partial charge is 0.320 e. The van der Waals surface area contributed by atoms with Gasteiger partial charge in [0.1, 0.15) is 5.37 Å². The van der Waals surface area contributed by atoms with Crippen LogP contribution in [0.5, 0.6) is 0 Å². The van der Waals surface area contributed by atoms with Crippen molar-refractivity contribution in [3.63, 3.8) is 0 Å². The molecular weight excluding hydrogens is 314 g/mol. The molecule has 4 nitrogen and oxygen atoms in total. The maximum Gasteiger partial charge on any atom is 0.256 e. The highest BCUT2D eigenvalue weighted by atomic mass is 32.2. The Bertz CT molecular complexity index is 601. The van der Waals surface area contributed by atoms with Gasteiger partial charge in [-0.15, -0.1) is 12.6 Å². The number of carbonyl (C=O) groups excluding carboxylic acids is 1. The molecule has 0 N–H and O–H groups in total. The van der Waals surface area contributed by atoms with Gasteiger partial charge in [0, 0.05) is 28.7 Å². The van der Waals surface area contributed by atoms with Crippen molar-refractivity contribution in [3.8, 4) is 0 Å². The molecule has 1 aliphatic rings. The quantitative estimate of drug-likeness (QED) is 0.860. The van der Waals surface area contributed by atoms with E-state index in [1.807, 2.05) is 0 Å². The molecule has 1 aliphatic heterocycles. The fourth-order valence-electron chi connectivity index (χ4n) is 2.11. The lowest BCUT2D eigenvalue weighted by Gasteiger charge is -2.35. The minimum atomic E-state index is -3.28. The summed E-state index contributed by atoms with van der Waals surface area (Å²) >= 11 is 5.85. The Kier molecular flexibility index (Phi) is 5.04. The molecule has 20 heavy (non-hydrogen) atoms. The molecule has 0 aromatic heterocycles. The summed E-state index contributed by atoms with van der Waals surface area (Å²) in [4.78, 5) is 14.6. The molecule has 110 valence electrons. The van der Waals surface area contributed by atoms with Gasteiger partial charge in [0.2, 0.25) is 0 Å². The van der Waals surface area contributed by atoms with E-state index in [4.69, 9.17) is 0 Å². The molecule has 1 atom stereocenters. The number of thioether (sulfide) groups is 1. The standard InChI is InChI=1S/C13H17NO3S3/c1-2-20(16,17)12-9-19-8-7-14(12)13(15)10-5-3-4-6-11(10)18/h3-6,12,18H,2,7-9H2,1H3. The van der Waals surface area contributed by atoms with Gasteiger partial charge in [0.05, 0.1) is 5.56 Å². The Labute approximate surface area is 129 Å². The molecule has 0 saturated carbocycles. The number of thiol groups is 1. The van der Waals surface area contributed by atoms with Crippen LogP contribution in [0.25, 0.3) is 0 Å². The van der Waals surface area contributed by atoms with Crippen LogP contribution in [0.1, 0.15) is 17.3 Å². The molecule has 0 aliphatic carbocycles. The van der Waals surface area contributed by atoms with Gasteiger partial charge in [-0.1, -0.05) is 19.1 Å². The highest BCUT2D eigenvalue weighted by Crippen LogP contribution is 2.25. The Morgan fingerprint density at radius 2 is 2.15 bits per heavy atom. The van der Waals surface area contributed by atoms with Crippen LogP contribution in [0.2, 0.25) is 0 Å². The second kappa shape index (κ2) is 6.41. The average Bonchev–Trinajstić information content (AvgIpc) is 2.47. The van der Waals surface area contributed by atoms with Crippen molar-refractivity contribution in [2.24, 2.45) is 0 Å². The minimum Gasteiger partial charge on any atom is -0.320 e. The van der Waals surface area contributed by atoms with E-state index < -0.39 is 15.2 Å². The van der Waals surface area contributed by atoms with Crippen LogP contribution in [0.3, 0.4) is 0 Å². The molecule has 2 rings (SSSR count). The molecule has 1 fully saturated rings. The number of rotatable bonds is 3. The maximum absolute atomic E-state index is 12.6. The molecule has 1 aromatic rings. The molecule has 1 aromatic carbocycles. The lowest BCUT2D eigenvalue weighted by atomic mass is 10.2. The molecule has 1 saturated heterocycles. The predicted octanol–water partition coefficient (Wildman–Crippen LogP) is 1.93. The SMILES string of the molecule is CCS(=O)(=O)C1CSCCN1C(=O)c1ccccc1S. The van der Waals surface area contributed by atoms with E-state index in [-0.39, 0.29) is 11.7 Å². The average molecular weight is 331 g/mol. The van der Waals surface area contributed by atoms with Gasteiger partial charge in [-0.3, -0.25) is 4.79 Å². The van der Waals surface area contributed by atoms with Crippen LogP contribution >= 0.6 is 24.4 Å². The van der Waals surface area contributed by atoms with Crippen molar-refractivity contribution < 1.29 is 13.2 Å². The van der Waals surface area contributed by atoms with E-state index in [1.54, 1.807) is 43.0 Å². The zero-order valence-electron chi connectivity index (χ0n) is 11.2. The van der Waals surface area contributed by atoms with Crippen LogP contribution in [-0.2, 0) is 9.84 Å². The monoisotopic (exact) mass is 331 g/mol. The molecule has 1 unspecified atom stereocenters. The number of sulfone groups is 1. The highest BCUT2D eigenvalue weighted by Gasteiger charge is 2.36. The van der Waals surface area contributed by atoms with E-state index in [0.717, 1.165) is 5.75 Å². The number of carbonyl (C=O) groups is 1. The number of hydrogen-bond donors (Lipinski definition) is 1. The molecule has 1 heterocycles. The van der Waals surface area contributed by atoms with Gasteiger partial charge in [-0.05, 0) is 12.1 Å². The maximum atomic E-state index is 12.6. The lowest BCUT2D eigenvalue weighted by molar-refractivity contribution is 0.0746. The summed E-state index contributed by atoms with van der Waals surface area (Å²) in [6.45, 7) is 2.07. The molecule has 0 spiro atoms. The van der Waals surface area contributed by atoms with E-state index in [2.05, 4.69) is 12.6 Å². The van der Waals surface area contributed by atoms with E-state index in [9.17, 15) is 13.2 Å². The summed E-state index contributed by atoms with van der Waals surface area (Å²) in [5.41, 5.74) is 0.457. The zero-order chi connectivity index (χ0) is 14.8. The molecule has 7 heteroatoms. The summed E-state index contributed by atoms with van der Waals surface area (Å²) in [5.74, 6) is 0.995. The van der Waals surface area contributed by atoms with Gasteiger partial charge in [0.25, 0.3) is 5.91 Å². The Morgan fingerprint density at radius 1 is 1.45 bits per heavy atom. The normalized spacial score (nSPS) is 19.9. The number of nitrogens with zero attached hydrogens (tertiary/aromatic N) is 1. The van der Waals surface area contributed by atoms with Crippen molar-refractivity contribution in [1.82, 2.24) is 4.90 Å². The third kappa shape index (κ3) is 3.15. The Hall–Kier alpha value is -0.660. The first-order valence-electron chi connectivity index (χ1n) is 6.35. The zero-order valence-corrected chi connectivity index (χ0v) is 13.7. The summed E-state index contributed by atoms with van der Waals surface area (Å²) in [7, 11) is -3.28. The van der Waals surface area contributed by atoms with Crippen molar-refractivity contribution in [2.45, 2.75) is 17.2 Å². The van der Waals surface area contributed by atoms with Crippen LogP contribution in [-0.4, -0.2) is 48.4 Å². The van der Waals surface area contributed by atoms with E-state index in [1.165, 1.54) is 4.90 Å². The van der Waals surface area contributed by atoms with E-state index >= 15 is 0 Å². The van der Waals surface area contributed by atoms with Crippen molar-refractivity contribution >= 4 is 40.1 Å². The van der Waals surface area contributed by atoms with Gasteiger partial charge < -0.3 is 4.90 Å². The number of hydrogen-bond acceptors (Lipinski definition) is 5. The summed E-state index contributed by atoms with van der Waals surface area (Å²) in [6.07, 6.45) is 0. The second-order valence-electron chi connectivity index (χ2n) is 4.50. The summed E-state index contributed by atoms with van der Waals surface area (Å²) in [5, 5.41) is -0.730. The molecular formula is C13H17NO3S3. The van der Waals surface area contributed by atoms with Gasteiger partial charge in [0.15, 0.2) is 9.84 Å². The fourth-order valence-corrected chi connectivity index (χ4v) is 5.33.